The molecule has 9 heteroatoms. The largest absolute Gasteiger partial charge is 0.463 e. The van der Waals surface area contributed by atoms with Gasteiger partial charge in [-0.3, -0.25) is 10.1 Å². The van der Waals surface area contributed by atoms with Crippen LogP contribution in [-0.4, -0.2) is 20.7 Å². The molecular formula is C19H14F2N4O2S. The zero-order valence-electron chi connectivity index (χ0n) is 14.9. The fourth-order valence-corrected chi connectivity index (χ4v) is 3.58. The lowest BCUT2D eigenvalue weighted by atomic mass is 10.2. The Balaban J connectivity index is 1.62. The van der Waals surface area contributed by atoms with Crippen molar-refractivity contribution in [3.63, 3.8) is 0 Å². The number of carbonyl (C=O) groups excluding carboxylic acids is 1. The Bertz CT molecular complexity index is 1170. The van der Waals surface area contributed by atoms with Crippen LogP contribution in [0.1, 0.15) is 21.7 Å². The molecule has 6 nitrogen and oxygen atoms in total. The zero-order chi connectivity index (χ0) is 19.8. The van der Waals surface area contributed by atoms with Crippen molar-refractivity contribution >= 4 is 22.4 Å². The van der Waals surface area contributed by atoms with E-state index in [-0.39, 0.29) is 5.69 Å². The second-order valence-electron chi connectivity index (χ2n) is 6.02. The van der Waals surface area contributed by atoms with E-state index in [0.717, 1.165) is 12.1 Å². The predicted octanol–water partition coefficient (Wildman–Crippen LogP) is 4.74. The lowest BCUT2D eigenvalue weighted by Gasteiger charge is -2.07. The summed E-state index contributed by atoms with van der Waals surface area (Å²) in [5, 5.41) is 9.14. The van der Waals surface area contributed by atoms with Crippen molar-refractivity contribution in [3.05, 3.63) is 70.6 Å². The van der Waals surface area contributed by atoms with Gasteiger partial charge in [-0.25, -0.2) is 18.4 Å². The number of thiazole rings is 1. The highest BCUT2D eigenvalue weighted by molar-refractivity contribution is 7.14. The third-order valence-corrected chi connectivity index (χ3v) is 4.91. The maximum atomic E-state index is 14.1. The Morgan fingerprint density at radius 1 is 1.25 bits per heavy atom. The van der Waals surface area contributed by atoms with Gasteiger partial charge in [0.25, 0.3) is 5.91 Å². The van der Waals surface area contributed by atoms with Crippen LogP contribution in [0, 0.1) is 25.5 Å². The second kappa shape index (κ2) is 7.01. The van der Waals surface area contributed by atoms with Gasteiger partial charge in [0.1, 0.15) is 17.2 Å². The molecule has 4 aromatic rings. The number of carbonyl (C=O) groups is 1. The van der Waals surface area contributed by atoms with Gasteiger partial charge in [0.05, 0.1) is 23.2 Å². The van der Waals surface area contributed by atoms with Crippen LogP contribution in [0.2, 0.25) is 0 Å². The van der Waals surface area contributed by atoms with E-state index >= 15 is 0 Å². The van der Waals surface area contributed by atoms with Gasteiger partial charge in [-0.05, 0) is 38.1 Å². The molecule has 0 aliphatic heterocycles. The molecule has 3 heterocycles. The number of benzene rings is 1. The van der Waals surface area contributed by atoms with Crippen molar-refractivity contribution in [2.24, 2.45) is 0 Å². The minimum absolute atomic E-state index is 0.0652. The number of nitrogens with zero attached hydrogens (tertiary/aromatic N) is 3. The molecule has 0 aliphatic carbocycles. The molecule has 0 radical (unpaired) electrons. The van der Waals surface area contributed by atoms with Crippen LogP contribution in [-0.2, 0) is 0 Å². The number of aryl methyl sites for hydroxylation is 1. The van der Waals surface area contributed by atoms with Gasteiger partial charge >= 0.3 is 0 Å². The van der Waals surface area contributed by atoms with Gasteiger partial charge in [0, 0.05) is 11.4 Å². The first-order valence-electron chi connectivity index (χ1n) is 8.26. The summed E-state index contributed by atoms with van der Waals surface area (Å²) in [5.41, 5.74) is 1.83. The molecular weight excluding hydrogens is 386 g/mol. The third kappa shape index (κ3) is 3.20. The molecule has 0 atom stereocenters. The van der Waals surface area contributed by atoms with Gasteiger partial charge < -0.3 is 4.42 Å². The molecule has 0 fully saturated rings. The number of amides is 1. The van der Waals surface area contributed by atoms with Crippen molar-refractivity contribution in [2.45, 2.75) is 13.8 Å². The summed E-state index contributed by atoms with van der Waals surface area (Å²) in [6, 6.07) is 6.72. The van der Waals surface area contributed by atoms with Gasteiger partial charge in [0.2, 0.25) is 0 Å². The number of nitrogens with one attached hydrogen (secondary N) is 1. The molecule has 0 unspecified atom stereocenters. The number of hydrogen-bond donors (Lipinski definition) is 1. The van der Waals surface area contributed by atoms with Crippen LogP contribution < -0.4 is 5.32 Å². The number of anilines is 1. The van der Waals surface area contributed by atoms with E-state index in [0.29, 0.717) is 33.5 Å². The highest BCUT2D eigenvalue weighted by Gasteiger charge is 2.22. The molecule has 0 saturated carbocycles. The molecule has 1 aromatic carbocycles. The third-order valence-electron chi connectivity index (χ3n) is 4.15. The second-order valence-corrected chi connectivity index (χ2v) is 6.88. The van der Waals surface area contributed by atoms with Crippen molar-refractivity contribution in [1.29, 1.82) is 0 Å². The van der Waals surface area contributed by atoms with E-state index in [9.17, 15) is 13.6 Å². The average Bonchev–Trinajstić information content (AvgIpc) is 3.36. The standard InChI is InChI=1S/C19H14F2N4O2S/c1-10-17(11(2)25(24-10)15-6-5-12(20)8-13(15)21)18(26)23-19-22-14(9-28-19)16-4-3-7-27-16/h3-9H,1-2H3,(H,22,23,26). The summed E-state index contributed by atoms with van der Waals surface area (Å²) in [4.78, 5) is 17.1. The number of aromatic nitrogens is 3. The Morgan fingerprint density at radius 3 is 2.79 bits per heavy atom. The summed E-state index contributed by atoms with van der Waals surface area (Å²) in [5.74, 6) is -1.26. The fourth-order valence-electron chi connectivity index (χ4n) is 2.89. The Hall–Kier alpha value is -3.33. The average molecular weight is 400 g/mol. The van der Waals surface area contributed by atoms with Crippen molar-refractivity contribution < 1.29 is 18.0 Å². The Kier molecular flexibility index (Phi) is 4.52. The Morgan fingerprint density at radius 2 is 2.07 bits per heavy atom. The predicted molar refractivity (Wildman–Crippen MR) is 101 cm³/mol. The summed E-state index contributed by atoms with van der Waals surface area (Å²) in [7, 11) is 0. The van der Waals surface area contributed by atoms with Crippen molar-refractivity contribution in [2.75, 3.05) is 5.32 Å². The molecule has 0 saturated heterocycles. The van der Waals surface area contributed by atoms with Crippen LogP contribution in [0.15, 0.2) is 46.4 Å². The highest BCUT2D eigenvalue weighted by Crippen LogP contribution is 2.26. The van der Waals surface area contributed by atoms with Crippen LogP contribution in [0.25, 0.3) is 17.1 Å². The maximum absolute atomic E-state index is 14.1. The first-order chi connectivity index (χ1) is 13.4. The van der Waals surface area contributed by atoms with E-state index < -0.39 is 17.5 Å². The van der Waals surface area contributed by atoms with Crippen molar-refractivity contribution in [1.82, 2.24) is 14.8 Å². The molecule has 3 aromatic heterocycles. The van der Waals surface area contributed by atoms with E-state index in [1.54, 1.807) is 37.6 Å². The monoisotopic (exact) mass is 400 g/mol. The van der Waals surface area contributed by atoms with Gasteiger partial charge in [-0.2, -0.15) is 5.10 Å². The molecule has 4 rings (SSSR count). The molecule has 1 N–H and O–H groups in total. The van der Waals surface area contributed by atoms with E-state index in [4.69, 9.17) is 4.42 Å². The fraction of sp³-hybridized carbons (Fsp3) is 0.105. The minimum Gasteiger partial charge on any atom is -0.463 e. The molecule has 28 heavy (non-hydrogen) atoms. The van der Waals surface area contributed by atoms with E-state index in [1.165, 1.54) is 22.1 Å². The first kappa shape index (κ1) is 18.1. The first-order valence-corrected chi connectivity index (χ1v) is 9.14. The SMILES string of the molecule is Cc1nn(-c2ccc(F)cc2F)c(C)c1C(=O)Nc1nc(-c2ccco2)cs1. The van der Waals surface area contributed by atoms with Gasteiger partial charge in [0.15, 0.2) is 16.7 Å². The van der Waals surface area contributed by atoms with Crippen LogP contribution in [0.3, 0.4) is 0 Å². The maximum Gasteiger partial charge on any atom is 0.261 e. The number of furan rings is 1. The number of halogens is 2. The summed E-state index contributed by atoms with van der Waals surface area (Å²) >= 11 is 1.26. The smallest absolute Gasteiger partial charge is 0.261 e. The summed E-state index contributed by atoms with van der Waals surface area (Å²) in [6.45, 7) is 3.30. The quantitative estimate of drug-likeness (QED) is 0.537. The summed E-state index contributed by atoms with van der Waals surface area (Å²) in [6.07, 6.45) is 1.54. The van der Waals surface area contributed by atoms with Crippen molar-refractivity contribution in [3.8, 4) is 17.1 Å². The van der Waals surface area contributed by atoms with E-state index in [1.807, 2.05) is 0 Å². The molecule has 0 spiro atoms. The Labute approximate surface area is 162 Å². The van der Waals surface area contributed by atoms with Crippen LogP contribution in [0.4, 0.5) is 13.9 Å². The minimum atomic E-state index is -0.763. The zero-order valence-corrected chi connectivity index (χ0v) is 15.7. The van der Waals surface area contributed by atoms with Crippen LogP contribution >= 0.6 is 11.3 Å². The molecule has 1 amide bonds. The summed E-state index contributed by atoms with van der Waals surface area (Å²) < 4.78 is 33.9. The lowest BCUT2D eigenvalue weighted by Crippen LogP contribution is -2.14. The van der Waals surface area contributed by atoms with Gasteiger partial charge in [-0.1, -0.05) is 0 Å². The number of hydrogen-bond acceptors (Lipinski definition) is 5. The molecule has 142 valence electrons. The van der Waals surface area contributed by atoms with E-state index in [2.05, 4.69) is 15.4 Å². The topological polar surface area (TPSA) is 73.0 Å². The molecule has 0 bridgehead atoms. The van der Waals surface area contributed by atoms with Crippen LogP contribution in [0.5, 0.6) is 0 Å². The molecule has 0 aliphatic rings. The normalized spacial score (nSPS) is 11.0. The number of rotatable bonds is 4. The van der Waals surface area contributed by atoms with Gasteiger partial charge in [-0.15, -0.1) is 11.3 Å². The lowest BCUT2D eigenvalue weighted by molar-refractivity contribution is 0.102. The highest BCUT2D eigenvalue weighted by atomic mass is 32.1.